The second-order valence-corrected chi connectivity index (χ2v) is 7.11. The molecular weight excluding hydrogens is 380 g/mol. The van der Waals surface area contributed by atoms with Crippen LogP contribution >= 0.6 is 0 Å². The Morgan fingerprint density at radius 2 is 2.00 bits per heavy atom. The number of benzene rings is 2. The van der Waals surface area contributed by atoms with E-state index in [1.807, 2.05) is 65.0 Å². The molecule has 1 N–H and O–H groups in total. The molecule has 7 heteroatoms. The molecule has 0 unspecified atom stereocenters. The number of nitrogens with zero attached hydrogens (tertiary/aromatic N) is 3. The zero-order valence-electron chi connectivity index (χ0n) is 17.3. The minimum absolute atomic E-state index is 0.139. The van der Waals surface area contributed by atoms with Gasteiger partial charge >= 0.3 is 6.03 Å². The highest BCUT2D eigenvalue weighted by Gasteiger charge is 2.22. The molecule has 0 spiro atoms. The molecule has 0 saturated heterocycles. The van der Waals surface area contributed by atoms with Gasteiger partial charge in [0.05, 0.1) is 37.3 Å². The van der Waals surface area contributed by atoms with E-state index in [1.165, 1.54) is 0 Å². The number of carbonyl (C=O) groups excluding carboxylic acids is 1. The van der Waals surface area contributed by atoms with Crippen LogP contribution in [0.1, 0.15) is 19.0 Å². The average Bonchev–Trinajstić information content (AvgIpc) is 3.06. The van der Waals surface area contributed by atoms with Gasteiger partial charge in [0.25, 0.3) is 0 Å². The van der Waals surface area contributed by atoms with Crippen LogP contribution in [-0.4, -0.2) is 41.0 Å². The molecule has 4 rings (SSSR count). The summed E-state index contributed by atoms with van der Waals surface area (Å²) in [6.45, 7) is 4.41. The molecular formula is C23H26N4O3. The molecule has 3 aromatic rings. The Balaban J connectivity index is 1.52. The SMILES string of the molecule is CCOc1ccccc1NC(=O)N1CCCn2nc(-c3cccc(OC)c3)cc2C1. The summed E-state index contributed by atoms with van der Waals surface area (Å²) in [4.78, 5) is 14.8. The van der Waals surface area contributed by atoms with Gasteiger partial charge in [-0.05, 0) is 43.7 Å². The number of ether oxygens (including phenoxy) is 2. The topological polar surface area (TPSA) is 68.6 Å². The zero-order valence-corrected chi connectivity index (χ0v) is 17.3. The largest absolute Gasteiger partial charge is 0.497 e. The number of hydrogen-bond donors (Lipinski definition) is 1. The van der Waals surface area contributed by atoms with E-state index in [9.17, 15) is 4.79 Å². The fourth-order valence-electron chi connectivity index (χ4n) is 3.60. The van der Waals surface area contributed by atoms with E-state index in [0.29, 0.717) is 31.1 Å². The van der Waals surface area contributed by atoms with Crippen molar-refractivity contribution in [1.82, 2.24) is 14.7 Å². The van der Waals surface area contributed by atoms with Crippen molar-refractivity contribution in [2.75, 3.05) is 25.6 Å². The second kappa shape index (κ2) is 8.90. The number of amides is 2. The number of hydrogen-bond acceptors (Lipinski definition) is 4. The summed E-state index contributed by atoms with van der Waals surface area (Å²) in [5.41, 5.74) is 3.57. The van der Waals surface area contributed by atoms with Gasteiger partial charge in [0, 0.05) is 18.7 Å². The number of para-hydroxylation sites is 2. The van der Waals surface area contributed by atoms with Crippen molar-refractivity contribution in [2.45, 2.75) is 26.4 Å². The summed E-state index contributed by atoms with van der Waals surface area (Å²) in [6.07, 6.45) is 0.840. The first-order valence-electron chi connectivity index (χ1n) is 10.2. The lowest BCUT2D eigenvalue weighted by atomic mass is 10.1. The third-order valence-corrected chi connectivity index (χ3v) is 5.10. The van der Waals surface area contributed by atoms with Crippen LogP contribution in [0.3, 0.4) is 0 Å². The summed E-state index contributed by atoms with van der Waals surface area (Å²) < 4.78 is 12.9. The lowest BCUT2D eigenvalue weighted by Crippen LogP contribution is -2.34. The number of urea groups is 1. The summed E-state index contributed by atoms with van der Waals surface area (Å²) >= 11 is 0. The van der Waals surface area contributed by atoms with Crippen LogP contribution in [0, 0.1) is 0 Å². The van der Waals surface area contributed by atoms with E-state index in [-0.39, 0.29) is 6.03 Å². The first kappa shape index (κ1) is 19.8. The van der Waals surface area contributed by atoms with Crippen LogP contribution in [0.15, 0.2) is 54.6 Å². The van der Waals surface area contributed by atoms with E-state index in [0.717, 1.165) is 35.7 Å². The van der Waals surface area contributed by atoms with Gasteiger partial charge in [-0.25, -0.2) is 4.79 Å². The predicted molar refractivity (Wildman–Crippen MR) is 116 cm³/mol. The maximum Gasteiger partial charge on any atom is 0.322 e. The molecule has 0 atom stereocenters. The smallest absolute Gasteiger partial charge is 0.322 e. The molecule has 2 aromatic carbocycles. The Morgan fingerprint density at radius 3 is 2.83 bits per heavy atom. The summed E-state index contributed by atoms with van der Waals surface area (Å²) in [5.74, 6) is 1.47. The Hall–Kier alpha value is -3.48. The van der Waals surface area contributed by atoms with E-state index < -0.39 is 0 Å². The van der Waals surface area contributed by atoms with Crippen LogP contribution in [0.5, 0.6) is 11.5 Å². The standard InChI is InChI=1S/C23H26N4O3/c1-3-30-22-11-5-4-10-20(22)24-23(28)26-12-7-13-27-18(16-26)15-21(25-27)17-8-6-9-19(14-17)29-2/h4-6,8-11,14-15H,3,7,12-13,16H2,1-2H3,(H,24,28). The van der Waals surface area contributed by atoms with Crippen molar-refractivity contribution in [3.8, 4) is 22.8 Å². The molecule has 0 radical (unpaired) electrons. The Kier molecular flexibility index (Phi) is 5.88. The molecule has 2 heterocycles. The van der Waals surface area contributed by atoms with Gasteiger partial charge in [-0.1, -0.05) is 24.3 Å². The fourth-order valence-corrected chi connectivity index (χ4v) is 3.60. The highest BCUT2D eigenvalue weighted by Crippen LogP contribution is 2.27. The maximum absolute atomic E-state index is 13.0. The predicted octanol–water partition coefficient (Wildman–Crippen LogP) is 4.40. The summed E-state index contributed by atoms with van der Waals surface area (Å²) in [6, 6.07) is 17.3. The van der Waals surface area contributed by atoms with Gasteiger partial charge in [-0.3, -0.25) is 4.68 Å². The summed E-state index contributed by atoms with van der Waals surface area (Å²) in [7, 11) is 1.65. The third kappa shape index (κ3) is 4.25. The number of rotatable bonds is 5. The zero-order chi connectivity index (χ0) is 20.9. The molecule has 0 saturated carbocycles. The number of aromatic nitrogens is 2. The molecule has 1 aromatic heterocycles. The molecule has 0 fully saturated rings. The number of aryl methyl sites for hydroxylation is 1. The van der Waals surface area contributed by atoms with Crippen LogP contribution in [0.4, 0.5) is 10.5 Å². The lowest BCUT2D eigenvalue weighted by molar-refractivity contribution is 0.210. The van der Waals surface area contributed by atoms with Crippen molar-refractivity contribution < 1.29 is 14.3 Å². The van der Waals surface area contributed by atoms with Crippen molar-refractivity contribution in [3.63, 3.8) is 0 Å². The third-order valence-electron chi connectivity index (χ3n) is 5.10. The molecule has 156 valence electrons. The van der Waals surface area contributed by atoms with Crippen molar-refractivity contribution in [3.05, 3.63) is 60.3 Å². The summed E-state index contributed by atoms with van der Waals surface area (Å²) in [5, 5.41) is 7.75. The number of anilines is 1. The number of nitrogens with one attached hydrogen (secondary N) is 1. The molecule has 30 heavy (non-hydrogen) atoms. The van der Waals surface area contributed by atoms with Gasteiger partial charge < -0.3 is 19.7 Å². The highest BCUT2D eigenvalue weighted by atomic mass is 16.5. The molecule has 1 aliphatic rings. The minimum atomic E-state index is -0.139. The molecule has 0 bridgehead atoms. The lowest BCUT2D eigenvalue weighted by Gasteiger charge is -2.21. The second-order valence-electron chi connectivity index (χ2n) is 7.11. The molecule has 2 amide bonds. The quantitative estimate of drug-likeness (QED) is 0.682. The number of carbonyl (C=O) groups is 1. The highest BCUT2D eigenvalue weighted by molar-refractivity contribution is 5.91. The van der Waals surface area contributed by atoms with Crippen LogP contribution < -0.4 is 14.8 Å². The minimum Gasteiger partial charge on any atom is -0.497 e. The van der Waals surface area contributed by atoms with Crippen LogP contribution in [0.2, 0.25) is 0 Å². The van der Waals surface area contributed by atoms with Gasteiger partial charge in [0.15, 0.2) is 0 Å². The van der Waals surface area contributed by atoms with E-state index in [2.05, 4.69) is 11.4 Å². The van der Waals surface area contributed by atoms with Crippen LogP contribution in [0.25, 0.3) is 11.3 Å². The molecule has 0 aliphatic carbocycles. The number of methoxy groups -OCH3 is 1. The van der Waals surface area contributed by atoms with Gasteiger partial charge in [-0.15, -0.1) is 0 Å². The normalized spacial score (nSPS) is 13.3. The Bertz CT molecular complexity index is 1030. The Labute approximate surface area is 176 Å². The van der Waals surface area contributed by atoms with E-state index >= 15 is 0 Å². The van der Waals surface area contributed by atoms with Crippen molar-refractivity contribution >= 4 is 11.7 Å². The van der Waals surface area contributed by atoms with Gasteiger partial charge in [0.1, 0.15) is 11.5 Å². The first-order chi connectivity index (χ1) is 14.7. The van der Waals surface area contributed by atoms with E-state index in [1.54, 1.807) is 7.11 Å². The monoisotopic (exact) mass is 406 g/mol. The van der Waals surface area contributed by atoms with Gasteiger partial charge in [-0.2, -0.15) is 5.10 Å². The van der Waals surface area contributed by atoms with Crippen molar-refractivity contribution in [1.29, 1.82) is 0 Å². The fraction of sp³-hybridized carbons (Fsp3) is 0.304. The molecule has 7 nitrogen and oxygen atoms in total. The van der Waals surface area contributed by atoms with Crippen LogP contribution in [-0.2, 0) is 13.1 Å². The maximum atomic E-state index is 13.0. The van der Waals surface area contributed by atoms with E-state index in [4.69, 9.17) is 14.6 Å². The van der Waals surface area contributed by atoms with Crippen molar-refractivity contribution in [2.24, 2.45) is 0 Å². The first-order valence-corrected chi connectivity index (χ1v) is 10.2. The number of fused-ring (bicyclic) bond motifs is 1. The molecule has 1 aliphatic heterocycles. The average molecular weight is 406 g/mol. The van der Waals surface area contributed by atoms with Gasteiger partial charge in [0.2, 0.25) is 0 Å². The Morgan fingerprint density at radius 1 is 1.13 bits per heavy atom.